The van der Waals surface area contributed by atoms with Crippen LogP contribution in [0.25, 0.3) is 17.1 Å². The third-order valence-electron chi connectivity index (χ3n) is 5.30. The van der Waals surface area contributed by atoms with Gasteiger partial charge in [-0.3, -0.25) is 9.36 Å². The molecule has 0 aliphatic heterocycles. The molecule has 1 unspecified atom stereocenters. The molecule has 1 atom stereocenters. The molecule has 0 spiro atoms. The number of ether oxygens (including phenoxy) is 3. The molecule has 0 aliphatic rings. The van der Waals surface area contributed by atoms with Gasteiger partial charge in [0.2, 0.25) is 5.91 Å². The number of benzene rings is 3. The summed E-state index contributed by atoms with van der Waals surface area (Å²) in [6, 6.07) is 22.4. The Morgan fingerprint density at radius 1 is 0.886 bits per heavy atom. The first-order chi connectivity index (χ1) is 17.0. The predicted octanol–water partition coefficient (Wildman–Crippen LogP) is 5.08. The molecule has 0 radical (unpaired) electrons. The zero-order valence-corrected chi connectivity index (χ0v) is 20.7. The second-order valence-corrected chi connectivity index (χ2v) is 8.83. The average Bonchev–Trinajstić information content (AvgIpc) is 3.31. The first-order valence-electron chi connectivity index (χ1n) is 10.9. The van der Waals surface area contributed by atoms with Crippen molar-refractivity contribution in [2.45, 2.75) is 17.3 Å². The van der Waals surface area contributed by atoms with Gasteiger partial charge in [0.1, 0.15) is 17.2 Å². The minimum Gasteiger partial charge on any atom is -0.497 e. The molecule has 1 N–H and O–H groups in total. The standard InChI is InChI=1S/C26H26N4O4S/c1-17(25(31)27-18-8-7-9-21(16-18)33-3)35-26-29-28-24(22-10-5-6-11-23(22)34-4)30(26)19-12-14-20(32-2)15-13-19/h5-17H,1-4H3,(H,27,31). The molecule has 0 aliphatic carbocycles. The van der Waals surface area contributed by atoms with Crippen LogP contribution in [0.2, 0.25) is 0 Å². The van der Waals surface area contributed by atoms with Gasteiger partial charge in [0.05, 0.1) is 37.8 Å². The van der Waals surface area contributed by atoms with Crippen molar-refractivity contribution in [3.8, 4) is 34.3 Å². The Labute approximate surface area is 208 Å². The Kier molecular flexibility index (Phi) is 7.57. The van der Waals surface area contributed by atoms with Crippen LogP contribution in [0.4, 0.5) is 5.69 Å². The number of para-hydroxylation sites is 1. The molecule has 0 fully saturated rings. The minimum absolute atomic E-state index is 0.161. The molecule has 1 aromatic heterocycles. The first-order valence-corrected chi connectivity index (χ1v) is 11.8. The Morgan fingerprint density at radius 3 is 2.34 bits per heavy atom. The van der Waals surface area contributed by atoms with Crippen LogP contribution in [0, 0.1) is 0 Å². The molecule has 1 heterocycles. The summed E-state index contributed by atoms with van der Waals surface area (Å²) < 4.78 is 18.0. The summed E-state index contributed by atoms with van der Waals surface area (Å²) in [6.45, 7) is 1.83. The van der Waals surface area contributed by atoms with E-state index in [9.17, 15) is 4.79 Å². The maximum atomic E-state index is 13.0. The summed E-state index contributed by atoms with van der Waals surface area (Å²) in [5.74, 6) is 2.53. The molecule has 4 rings (SSSR count). The van der Waals surface area contributed by atoms with E-state index in [2.05, 4.69) is 15.5 Å². The summed E-state index contributed by atoms with van der Waals surface area (Å²) >= 11 is 1.32. The van der Waals surface area contributed by atoms with E-state index in [1.165, 1.54) is 11.8 Å². The van der Waals surface area contributed by atoms with E-state index in [-0.39, 0.29) is 5.91 Å². The van der Waals surface area contributed by atoms with Gasteiger partial charge in [-0.05, 0) is 55.5 Å². The van der Waals surface area contributed by atoms with Crippen molar-refractivity contribution < 1.29 is 19.0 Å². The summed E-state index contributed by atoms with van der Waals surface area (Å²) in [4.78, 5) is 13.0. The van der Waals surface area contributed by atoms with Crippen LogP contribution >= 0.6 is 11.8 Å². The van der Waals surface area contributed by atoms with E-state index in [0.717, 1.165) is 17.0 Å². The van der Waals surface area contributed by atoms with Crippen molar-refractivity contribution in [2.24, 2.45) is 0 Å². The number of hydrogen-bond acceptors (Lipinski definition) is 7. The van der Waals surface area contributed by atoms with Gasteiger partial charge in [-0.15, -0.1) is 10.2 Å². The second-order valence-electron chi connectivity index (χ2n) is 7.52. The second kappa shape index (κ2) is 11.0. The topological polar surface area (TPSA) is 87.5 Å². The van der Waals surface area contributed by atoms with Gasteiger partial charge in [-0.2, -0.15) is 0 Å². The van der Waals surface area contributed by atoms with Gasteiger partial charge in [0, 0.05) is 11.8 Å². The smallest absolute Gasteiger partial charge is 0.237 e. The van der Waals surface area contributed by atoms with Crippen molar-refractivity contribution in [3.63, 3.8) is 0 Å². The molecule has 35 heavy (non-hydrogen) atoms. The molecule has 180 valence electrons. The third kappa shape index (κ3) is 5.41. The molecule has 0 bridgehead atoms. The molecule has 9 heteroatoms. The van der Waals surface area contributed by atoms with Crippen molar-refractivity contribution in [3.05, 3.63) is 72.8 Å². The van der Waals surface area contributed by atoms with Gasteiger partial charge in [-0.25, -0.2) is 0 Å². The van der Waals surface area contributed by atoms with E-state index in [1.807, 2.05) is 78.2 Å². The molecule has 1 amide bonds. The number of hydrogen-bond donors (Lipinski definition) is 1. The van der Waals surface area contributed by atoms with Crippen LogP contribution in [0.15, 0.2) is 78.0 Å². The zero-order chi connectivity index (χ0) is 24.8. The van der Waals surface area contributed by atoms with Crippen molar-refractivity contribution in [2.75, 3.05) is 26.6 Å². The summed E-state index contributed by atoms with van der Waals surface area (Å²) in [6.07, 6.45) is 0. The summed E-state index contributed by atoms with van der Waals surface area (Å²) in [5.41, 5.74) is 2.28. The summed E-state index contributed by atoms with van der Waals surface area (Å²) in [5, 5.41) is 12.0. The highest BCUT2D eigenvalue weighted by Gasteiger charge is 2.23. The van der Waals surface area contributed by atoms with Gasteiger partial charge < -0.3 is 19.5 Å². The summed E-state index contributed by atoms with van der Waals surface area (Å²) in [7, 11) is 4.83. The van der Waals surface area contributed by atoms with E-state index in [0.29, 0.717) is 28.2 Å². The van der Waals surface area contributed by atoms with Gasteiger partial charge in [0.15, 0.2) is 11.0 Å². The maximum Gasteiger partial charge on any atom is 0.237 e. The van der Waals surface area contributed by atoms with Gasteiger partial charge in [-0.1, -0.05) is 30.0 Å². The van der Waals surface area contributed by atoms with Crippen LogP contribution in [0.1, 0.15) is 6.92 Å². The highest BCUT2D eigenvalue weighted by molar-refractivity contribution is 8.00. The SMILES string of the molecule is COc1ccc(-n2c(SC(C)C(=O)Nc3cccc(OC)c3)nnc2-c2ccccc2OC)cc1. The highest BCUT2D eigenvalue weighted by atomic mass is 32.2. The number of rotatable bonds is 9. The Morgan fingerprint density at radius 2 is 1.63 bits per heavy atom. The molecule has 8 nitrogen and oxygen atoms in total. The number of amides is 1. The quantitative estimate of drug-likeness (QED) is 0.327. The number of nitrogens with zero attached hydrogens (tertiary/aromatic N) is 3. The number of thioether (sulfide) groups is 1. The van der Waals surface area contributed by atoms with Crippen LogP contribution in [-0.2, 0) is 4.79 Å². The number of anilines is 1. The number of carbonyl (C=O) groups is 1. The average molecular weight is 491 g/mol. The fraction of sp³-hybridized carbons (Fsp3) is 0.192. The molecule has 3 aromatic carbocycles. The van der Waals surface area contributed by atoms with Gasteiger partial charge in [0.25, 0.3) is 0 Å². The fourth-order valence-electron chi connectivity index (χ4n) is 3.47. The fourth-order valence-corrected chi connectivity index (χ4v) is 4.34. The highest BCUT2D eigenvalue weighted by Crippen LogP contribution is 2.35. The van der Waals surface area contributed by atoms with Crippen molar-refractivity contribution in [1.29, 1.82) is 0 Å². The lowest BCUT2D eigenvalue weighted by atomic mass is 10.2. The Balaban J connectivity index is 1.67. The minimum atomic E-state index is -0.451. The number of nitrogens with one attached hydrogen (secondary N) is 1. The van der Waals surface area contributed by atoms with Crippen molar-refractivity contribution in [1.82, 2.24) is 14.8 Å². The van der Waals surface area contributed by atoms with Gasteiger partial charge >= 0.3 is 0 Å². The largest absolute Gasteiger partial charge is 0.497 e. The molecular formula is C26H26N4O4S. The van der Waals surface area contributed by atoms with Crippen LogP contribution in [0.3, 0.4) is 0 Å². The van der Waals surface area contributed by atoms with E-state index in [4.69, 9.17) is 14.2 Å². The Bertz CT molecular complexity index is 1310. The normalized spacial score (nSPS) is 11.5. The lowest BCUT2D eigenvalue weighted by molar-refractivity contribution is -0.115. The molecule has 0 saturated heterocycles. The molecule has 0 saturated carbocycles. The van der Waals surface area contributed by atoms with Crippen molar-refractivity contribution >= 4 is 23.4 Å². The predicted molar refractivity (Wildman–Crippen MR) is 137 cm³/mol. The number of carbonyl (C=O) groups excluding carboxylic acids is 1. The lowest BCUT2D eigenvalue weighted by Gasteiger charge is -2.15. The van der Waals surface area contributed by atoms with Crippen LogP contribution in [0.5, 0.6) is 17.2 Å². The maximum absolute atomic E-state index is 13.0. The number of methoxy groups -OCH3 is 3. The molecular weight excluding hydrogens is 464 g/mol. The van der Waals surface area contributed by atoms with E-state index in [1.54, 1.807) is 27.4 Å². The van der Waals surface area contributed by atoms with Crippen LogP contribution in [-0.4, -0.2) is 47.3 Å². The first kappa shape index (κ1) is 24.2. The zero-order valence-electron chi connectivity index (χ0n) is 19.9. The van der Waals surface area contributed by atoms with E-state index >= 15 is 0 Å². The number of aromatic nitrogens is 3. The lowest BCUT2D eigenvalue weighted by Crippen LogP contribution is -2.22. The molecule has 4 aromatic rings. The third-order valence-corrected chi connectivity index (χ3v) is 6.34. The monoisotopic (exact) mass is 490 g/mol. The van der Waals surface area contributed by atoms with Crippen LogP contribution < -0.4 is 19.5 Å². The Hall–Kier alpha value is -3.98. The van der Waals surface area contributed by atoms with E-state index < -0.39 is 5.25 Å².